The molecule has 0 spiro atoms. The van der Waals surface area contributed by atoms with Gasteiger partial charge in [0.25, 0.3) is 0 Å². The summed E-state index contributed by atoms with van der Waals surface area (Å²) in [6.45, 7) is 31.3. The third-order valence-corrected chi connectivity index (χ3v) is 12.0. The molecule has 300 valence electrons. The zero-order valence-electron chi connectivity index (χ0n) is 37.1. The molecule has 6 aromatic rings. The second-order valence-electron chi connectivity index (χ2n) is 17.9. The molecule has 0 fully saturated rings. The molecular formula is C57H62N2. The largest absolute Gasteiger partial charge is 0.245 e. The summed E-state index contributed by atoms with van der Waals surface area (Å²) >= 11 is 0. The Kier molecular flexibility index (Phi) is 12.2. The summed E-state index contributed by atoms with van der Waals surface area (Å²) in [5, 5.41) is 2.53. The molecule has 0 N–H and O–H groups in total. The van der Waals surface area contributed by atoms with E-state index >= 15 is 0 Å². The minimum atomic E-state index is 0.210. The summed E-state index contributed by atoms with van der Waals surface area (Å²) in [5.74, 6) is 1.34. The smallest absolute Gasteiger partial charge is 0.0979 e. The number of hydrogen-bond acceptors (Lipinski definition) is 2. The van der Waals surface area contributed by atoms with Gasteiger partial charge in [0, 0.05) is 16.5 Å². The molecule has 1 aliphatic carbocycles. The zero-order valence-corrected chi connectivity index (χ0v) is 37.1. The van der Waals surface area contributed by atoms with Gasteiger partial charge in [-0.2, -0.15) is 0 Å². The highest BCUT2D eigenvalue weighted by Crippen LogP contribution is 2.47. The topological polar surface area (TPSA) is 24.7 Å². The number of rotatable bonds is 13. The van der Waals surface area contributed by atoms with Crippen LogP contribution in [0.25, 0.3) is 33.0 Å². The lowest BCUT2D eigenvalue weighted by Gasteiger charge is -2.25. The van der Waals surface area contributed by atoms with Crippen molar-refractivity contribution >= 4 is 33.6 Å². The average Bonchev–Trinajstić information content (AvgIpc) is 3.50. The number of nitrogens with zero attached hydrogens (tertiary/aromatic N) is 2. The molecule has 6 aromatic carbocycles. The molecule has 59 heavy (non-hydrogen) atoms. The van der Waals surface area contributed by atoms with Crippen molar-refractivity contribution in [1.82, 2.24) is 0 Å². The van der Waals surface area contributed by atoms with Crippen LogP contribution in [0, 0.1) is 0 Å². The lowest BCUT2D eigenvalue weighted by atomic mass is 9.82. The highest BCUT2D eigenvalue weighted by atomic mass is 14.9. The molecule has 0 unspecified atom stereocenters. The SMILES string of the molecule is C=CCc1cc(C(C)C)c(/N=C2/C(=N/c3c(C(C)C)cc(CC=C)c(-c4ccccc4)c3C(C)C)c3ccc(C(C)C)c4cc(-c5ccccc5)cc2c34)c(C(C)C)c1. The fourth-order valence-corrected chi connectivity index (χ4v) is 9.10. The lowest BCUT2D eigenvalue weighted by molar-refractivity contribution is 0.830. The van der Waals surface area contributed by atoms with E-state index in [9.17, 15) is 0 Å². The quantitative estimate of drug-likeness (QED) is 0.104. The van der Waals surface area contributed by atoms with Crippen LogP contribution in [0.2, 0.25) is 0 Å². The van der Waals surface area contributed by atoms with E-state index in [-0.39, 0.29) is 23.7 Å². The maximum Gasteiger partial charge on any atom is 0.0979 e. The van der Waals surface area contributed by atoms with Crippen LogP contribution in [0.5, 0.6) is 0 Å². The molecule has 0 saturated carbocycles. The Bertz CT molecular complexity index is 2570. The predicted molar refractivity (Wildman–Crippen MR) is 258 cm³/mol. The maximum absolute atomic E-state index is 6.03. The van der Waals surface area contributed by atoms with E-state index in [4.69, 9.17) is 9.98 Å². The van der Waals surface area contributed by atoms with Gasteiger partial charge in [-0.25, -0.2) is 9.98 Å². The van der Waals surface area contributed by atoms with Gasteiger partial charge in [-0.1, -0.05) is 172 Å². The van der Waals surface area contributed by atoms with Crippen LogP contribution in [0.15, 0.2) is 138 Å². The Morgan fingerprint density at radius 3 is 1.54 bits per heavy atom. The summed E-state index contributed by atoms with van der Waals surface area (Å²) in [6.07, 6.45) is 5.66. The van der Waals surface area contributed by atoms with Crippen LogP contribution in [-0.4, -0.2) is 11.4 Å². The van der Waals surface area contributed by atoms with E-state index in [1.54, 1.807) is 0 Å². The van der Waals surface area contributed by atoms with Crippen LogP contribution in [0.4, 0.5) is 11.4 Å². The molecule has 0 amide bonds. The van der Waals surface area contributed by atoms with Crippen LogP contribution in [-0.2, 0) is 12.8 Å². The Morgan fingerprint density at radius 2 is 1.00 bits per heavy atom. The number of benzene rings is 6. The predicted octanol–water partition coefficient (Wildman–Crippen LogP) is 16.5. The molecule has 0 aromatic heterocycles. The first kappa shape index (κ1) is 41.6. The standard InChI is InChI=1S/C57H62N2/c1-13-21-39-29-46(35(5)6)54(47(30-39)36(7)8)58-57-50-33-43(40-23-17-15-18-24-40)32-49-44(34(3)4)27-28-45(53(49)50)56(57)59-55-48(37(9)10)31-42(22-14-2)52(51(55)38(11)12)41-25-19-16-20-26-41/h13-20,23-38H,1-2,21-22H2,3-12H3/b58-57+,59-56+. The summed E-state index contributed by atoms with van der Waals surface area (Å²) < 4.78 is 0. The van der Waals surface area contributed by atoms with Gasteiger partial charge in [0.1, 0.15) is 0 Å². The molecule has 0 saturated heterocycles. The molecule has 1 aliphatic rings. The van der Waals surface area contributed by atoms with Gasteiger partial charge in [-0.15, -0.1) is 13.2 Å². The molecule has 0 atom stereocenters. The minimum absolute atomic E-state index is 0.210. The van der Waals surface area contributed by atoms with Gasteiger partial charge in [0.2, 0.25) is 0 Å². The summed E-state index contributed by atoms with van der Waals surface area (Å²) in [7, 11) is 0. The first-order valence-electron chi connectivity index (χ1n) is 21.8. The molecule has 0 radical (unpaired) electrons. The lowest BCUT2D eigenvalue weighted by Crippen LogP contribution is -2.13. The van der Waals surface area contributed by atoms with Crippen molar-refractivity contribution in [3.8, 4) is 22.3 Å². The molecule has 0 heterocycles. The van der Waals surface area contributed by atoms with E-state index in [1.165, 1.54) is 72.0 Å². The van der Waals surface area contributed by atoms with Crippen molar-refractivity contribution in [3.05, 3.63) is 179 Å². The van der Waals surface area contributed by atoms with Gasteiger partial charge < -0.3 is 0 Å². The Balaban J connectivity index is 1.68. The van der Waals surface area contributed by atoms with Crippen molar-refractivity contribution in [2.24, 2.45) is 9.98 Å². The van der Waals surface area contributed by atoms with Crippen molar-refractivity contribution < 1.29 is 0 Å². The van der Waals surface area contributed by atoms with Gasteiger partial charge in [-0.05, 0) is 121 Å². The van der Waals surface area contributed by atoms with Crippen molar-refractivity contribution in [2.75, 3.05) is 0 Å². The number of hydrogen-bond donors (Lipinski definition) is 0. The van der Waals surface area contributed by atoms with Crippen molar-refractivity contribution in [2.45, 2.75) is 112 Å². The van der Waals surface area contributed by atoms with E-state index in [0.29, 0.717) is 5.92 Å². The summed E-state index contributed by atoms with van der Waals surface area (Å²) in [4.78, 5) is 12.0. The Hall–Kier alpha value is -5.60. The van der Waals surface area contributed by atoms with Crippen LogP contribution in [0.3, 0.4) is 0 Å². The first-order chi connectivity index (χ1) is 28.3. The van der Waals surface area contributed by atoms with E-state index in [0.717, 1.165) is 46.8 Å². The molecule has 0 aliphatic heterocycles. The van der Waals surface area contributed by atoms with Crippen LogP contribution >= 0.6 is 0 Å². The van der Waals surface area contributed by atoms with Crippen molar-refractivity contribution in [1.29, 1.82) is 0 Å². The maximum atomic E-state index is 6.03. The third kappa shape index (κ3) is 7.95. The first-order valence-corrected chi connectivity index (χ1v) is 21.8. The summed E-state index contributed by atoms with van der Waals surface area (Å²) in [6, 6.07) is 38.3. The van der Waals surface area contributed by atoms with Crippen molar-refractivity contribution in [3.63, 3.8) is 0 Å². The fourth-order valence-electron chi connectivity index (χ4n) is 9.10. The molecular weight excluding hydrogens is 713 g/mol. The highest BCUT2D eigenvalue weighted by molar-refractivity contribution is 6.61. The van der Waals surface area contributed by atoms with Crippen LogP contribution < -0.4 is 0 Å². The molecule has 2 nitrogen and oxygen atoms in total. The fraction of sp³-hybridized carbons (Fsp3) is 0.298. The number of aliphatic imine (C=N–C) groups is 2. The zero-order chi connectivity index (χ0) is 42.1. The summed E-state index contributed by atoms with van der Waals surface area (Å²) in [5.41, 5.74) is 20.2. The Labute approximate surface area is 354 Å². The van der Waals surface area contributed by atoms with Gasteiger partial charge >= 0.3 is 0 Å². The molecule has 0 bridgehead atoms. The highest BCUT2D eigenvalue weighted by Gasteiger charge is 2.32. The number of allylic oxidation sites excluding steroid dienone is 2. The molecule has 7 rings (SSSR count). The van der Waals surface area contributed by atoms with Crippen LogP contribution in [0.1, 0.15) is 149 Å². The van der Waals surface area contributed by atoms with E-state index in [2.05, 4.69) is 186 Å². The molecule has 2 heteroatoms. The normalized spacial score (nSPS) is 14.0. The Morgan fingerprint density at radius 1 is 0.475 bits per heavy atom. The second kappa shape index (κ2) is 17.3. The minimum Gasteiger partial charge on any atom is -0.245 e. The second-order valence-corrected chi connectivity index (χ2v) is 17.9. The van der Waals surface area contributed by atoms with Gasteiger partial charge in [0.15, 0.2) is 0 Å². The van der Waals surface area contributed by atoms with E-state index < -0.39 is 0 Å². The van der Waals surface area contributed by atoms with E-state index in [1.807, 2.05) is 12.2 Å². The third-order valence-electron chi connectivity index (χ3n) is 12.0. The van der Waals surface area contributed by atoms with Gasteiger partial charge in [0.05, 0.1) is 22.8 Å². The average molecular weight is 775 g/mol. The van der Waals surface area contributed by atoms with Gasteiger partial charge in [-0.3, -0.25) is 0 Å². The monoisotopic (exact) mass is 774 g/mol.